The first kappa shape index (κ1) is 14.4. The molecule has 1 aliphatic rings. The van der Waals surface area contributed by atoms with Gasteiger partial charge in [-0.2, -0.15) is 11.8 Å². The number of rotatable bonds is 5. The van der Waals surface area contributed by atoms with E-state index < -0.39 is 0 Å². The van der Waals surface area contributed by atoms with Crippen LogP contribution in [0.5, 0.6) is 0 Å². The quantitative estimate of drug-likeness (QED) is 0.866. The Morgan fingerprint density at radius 3 is 2.74 bits per heavy atom. The highest BCUT2D eigenvalue weighted by molar-refractivity contribution is 7.97. The Labute approximate surface area is 118 Å². The van der Waals surface area contributed by atoms with E-state index in [0.29, 0.717) is 6.54 Å². The molecule has 2 atom stereocenters. The van der Waals surface area contributed by atoms with E-state index >= 15 is 0 Å². The van der Waals surface area contributed by atoms with Gasteiger partial charge in [-0.15, -0.1) is 0 Å². The SMILES string of the molecule is CSCc1ccc(NC(=O)[C@@H]2CC[C@H](CN)O2)cc1. The zero-order valence-electron chi connectivity index (χ0n) is 11.1. The van der Waals surface area contributed by atoms with Crippen LogP contribution < -0.4 is 11.1 Å². The lowest BCUT2D eigenvalue weighted by Gasteiger charge is -2.13. The predicted molar refractivity (Wildman–Crippen MR) is 79.2 cm³/mol. The number of hydrogen-bond acceptors (Lipinski definition) is 4. The monoisotopic (exact) mass is 280 g/mol. The number of carbonyl (C=O) groups excluding carboxylic acids is 1. The Kier molecular flexibility index (Phi) is 5.24. The molecule has 0 bridgehead atoms. The molecule has 0 unspecified atom stereocenters. The number of nitrogens with one attached hydrogen (secondary N) is 1. The first-order chi connectivity index (χ1) is 9.22. The van der Waals surface area contributed by atoms with Crippen LogP contribution in [0.15, 0.2) is 24.3 Å². The molecule has 0 radical (unpaired) electrons. The molecule has 0 aliphatic carbocycles. The maximum atomic E-state index is 12.0. The van der Waals surface area contributed by atoms with E-state index in [1.807, 2.05) is 24.3 Å². The Bertz CT molecular complexity index is 422. The van der Waals surface area contributed by atoms with Crippen LogP contribution in [0.3, 0.4) is 0 Å². The topological polar surface area (TPSA) is 64.4 Å². The van der Waals surface area contributed by atoms with E-state index in [1.54, 1.807) is 11.8 Å². The minimum absolute atomic E-state index is 0.0275. The van der Waals surface area contributed by atoms with Gasteiger partial charge in [0, 0.05) is 18.0 Å². The minimum Gasteiger partial charge on any atom is -0.364 e. The third kappa shape index (κ3) is 3.96. The second kappa shape index (κ2) is 6.93. The second-order valence-corrected chi connectivity index (χ2v) is 5.54. The van der Waals surface area contributed by atoms with Gasteiger partial charge in [0.25, 0.3) is 5.91 Å². The summed E-state index contributed by atoms with van der Waals surface area (Å²) < 4.78 is 5.57. The Morgan fingerprint density at radius 2 is 2.16 bits per heavy atom. The van der Waals surface area contributed by atoms with E-state index in [2.05, 4.69) is 11.6 Å². The number of anilines is 1. The summed E-state index contributed by atoms with van der Waals surface area (Å²) in [7, 11) is 0. The summed E-state index contributed by atoms with van der Waals surface area (Å²) in [4.78, 5) is 12.0. The molecule has 4 nitrogen and oxygen atoms in total. The van der Waals surface area contributed by atoms with Gasteiger partial charge < -0.3 is 15.8 Å². The van der Waals surface area contributed by atoms with Crippen molar-refractivity contribution in [1.82, 2.24) is 0 Å². The highest BCUT2D eigenvalue weighted by Gasteiger charge is 2.29. The van der Waals surface area contributed by atoms with Crippen molar-refractivity contribution >= 4 is 23.4 Å². The highest BCUT2D eigenvalue weighted by Crippen LogP contribution is 2.21. The van der Waals surface area contributed by atoms with E-state index in [1.165, 1.54) is 5.56 Å². The summed E-state index contributed by atoms with van der Waals surface area (Å²) in [6.07, 6.45) is 3.35. The first-order valence-electron chi connectivity index (χ1n) is 6.47. The van der Waals surface area contributed by atoms with E-state index in [9.17, 15) is 4.79 Å². The number of carbonyl (C=O) groups is 1. The zero-order valence-corrected chi connectivity index (χ0v) is 11.9. The fraction of sp³-hybridized carbons (Fsp3) is 0.500. The van der Waals surface area contributed by atoms with Gasteiger partial charge in [-0.05, 0) is 36.8 Å². The molecular weight excluding hydrogens is 260 g/mol. The van der Waals surface area contributed by atoms with Crippen molar-refractivity contribution in [3.05, 3.63) is 29.8 Å². The molecule has 1 fully saturated rings. The summed E-state index contributed by atoms with van der Waals surface area (Å²) in [5, 5.41) is 2.89. The fourth-order valence-electron chi connectivity index (χ4n) is 2.15. The maximum absolute atomic E-state index is 12.0. The average Bonchev–Trinajstić information content (AvgIpc) is 2.90. The Balaban J connectivity index is 1.88. The molecule has 0 spiro atoms. The highest BCUT2D eigenvalue weighted by atomic mass is 32.2. The van der Waals surface area contributed by atoms with Crippen molar-refractivity contribution in [2.24, 2.45) is 5.73 Å². The van der Waals surface area contributed by atoms with Gasteiger partial charge >= 0.3 is 0 Å². The van der Waals surface area contributed by atoms with E-state index in [0.717, 1.165) is 24.3 Å². The van der Waals surface area contributed by atoms with Crippen LogP contribution in [0.2, 0.25) is 0 Å². The predicted octanol–water partition coefficient (Wildman–Crippen LogP) is 1.99. The molecule has 0 saturated carbocycles. The molecule has 104 valence electrons. The lowest BCUT2D eigenvalue weighted by atomic mass is 10.2. The van der Waals surface area contributed by atoms with E-state index in [4.69, 9.17) is 10.5 Å². The molecule has 1 aliphatic heterocycles. The van der Waals surface area contributed by atoms with Crippen molar-refractivity contribution in [3.8, 4) is 0 Å². The van der Waals surface area contributed by atoms with Gasteiger partial charge in [0.15, 0.2) is 0 Å². The summed E-state index contributed by atoms with van der Waals surface area (Å²) >= 11 is 1.78. The van der Waals surface area contributed by atoms with E-state index in [-0.39, 0.29) is 18.1 Å². The summed E-state index contributed by atoms with van der Waals surface area (Å²) in [6, 6.07) is 7.92. The molecule has 1 heterocycles. The molecule has 5 heteroatoms. The summed E-state index contributed by atoms with van der Waals surface area (Å²) in [6.45, 7) is 0.479. The number of hydrogen-bond donors (Lipinski definition) is 2. The van der Waals surface area contributed by atoms with Crippen LogP contribution in [0, 0.1) is 0 Å². The Morgan fingerprint density at radius 1 is 1.42 bits per heavy atom. The van der Waals surface area contributed by atoms with Gasteiger partial charge in [0.05, 0.1) is 6.10 Å². The van der Waals surface area contributed by atoms with Crippen molar-refractivity contribution in [3.63, 3.8) is 0 Å². The first-order valence-corrected chi connectivity index (χ1v) is 7.86. The largest absolute Gasteiger partial charge is 0.364 e. The second-order valence-electron chi connectivity index (χ2n) is 4.68. The van der Waals surface area contributed by atoms with Gasteiger partial charge in [0.1, 0.15) is 6.10 Å². The zero-order chi connectivity index (χ0) is 13.7. The normalized spacial score (nSPS) is 22.4. The molecule has 19 heavy (non-hydrogen) atoms. The van der Waals surface area contributed by atoms with Crippen molar-refractivity contribution in [2.75, 3.05) is 18.1 Å². The van der Waals surface area contributed by atoms with Crippen LogP contribution >= 0.6 is 11.8 Å². The smallest absolute Gasteiger partial charge is 0.253 e. The molecule has 3 N–H and O–H groups in total. The van der Waals surface area contributed by atoms with Crippen molar-refractivity contribution in [1.29, 1.82) is 0 Å². The molecule has 1 saturated heterocycles. The van der Waals surface area contributed by atoms with Gasteiger partial charge in [-0.3, -0.25) is 4.79 Å². The number of ether oxygens (including phenoxy) is 1. The molecule has 2 rings (SSSR count). The van der Waals surface area contributed by atoms with Crippen molar-refractivity contribution < 1.29 is 9.53 Å². The lowest BCUT2D eigenvalue weighted by molar-refractivity contribution is -0.126. The number of amides is 1. The summed E-state index contributed by atoms with van der Waals surface area (Å²) in [5.74, 6) is 0.909. The fourth-order valence-corrected chi connectivity index (χ4v) is 2.67. The molecule has 0 aromatic heterocycles. The minimum atomic E-state index is -0.362. The third-order valence-corrected chi connectivity index (χ3v) is 3.82. The lowest BCUT2D eigenvalue weighted by Crippen LogP contribution is -2.29. The molecule has 1 amide bonds. The number of benzene rings is 1. The van der Waals surface area contributed by atoms with Crippen molar-refractivity contribution in [2.45, 2.75) is 30.8 Å². The number of nitrogens with two attached hydrogens (primary N) is 1. The van der Waals surface area contributed by atoms with Crippen LogP contribution in [-0.4, -0.2) is 30.9 Å². The van der Waals surface area contributed by atoms with Gasteiger partial charge in [-0.25, -0.2) is 0 Å². The third-order valence-electron chi connectivity index (χ3n) is 3.20. The molecule has 1 aromatic carbocycles. The molecular formula is C14H20N2O2S. The summed E-state index contributed by atoms with van der Waals surface area (Å²) in [5.41, 5.74) is 7.61. The van der Waals surface area contributed by atoms with Crippen LogP contribution in [0.25, 0.3) is 0 Å². The maximum Gasteiger partial charge on any atom is 0.253 e. The Hall–Kier alpha value is -1.04. The standard InChI is InChI=1S/C14H20N2O2S/c1-19-9-10-2-4-11(5-3-10)16-14(17)13-7-6-12(8-15)18-13/h2-5,12-13H,6-9,15H2,1H3,(H,16,17)/t12-,13+/m1/s1. The average molecular weight is 280 g/mol. The van der Waals surface area contributed by atoms with Crippen LogP contribution in [0.1, 0.15) is 18.4 Å². The van der Waals surface area contributed by atoms with Crippen LogP contribution in [0.4, 0.5) is 5.69 Å². The van der Waals surface area contributed by atoms with Gasteiger partial charge in [-0.1, -0.05) is 12.1 Å². The number of thioether (sulfide) groups is 1. The molecule has 1 aromatic rings. The van der Waals surface area contributed by atoms with Gasteiger partial charge in [0.2, 0.25) is 0 Å². The van der Waals surface area contributed by atoms with Crippen LogP contribution in [-0.2, 0) is 15.3 Å².